The number of furan rings is 1. The van der Waals surface area contributed by atoms with Gasteiger partial charge in [-0.05, 0) is 69.3 Å². The molecule has 0 unspecified atom stereocenters. The van der Waals surface area contributed by atoms with Gasteiger partial charge < -0.3 is 8.98 Å². The maximum Gasteiger partial charge on any atom is 0.167 e. The Labute approximate surface area is 383 Å². The molecular formula is C60H40N4O. The molecule has 0 bridgehead atoms. The highest BCUT2D eigenvalue weighted by molar-refractivity contribution is 6.15. The molecule has 12 aromatic rings. The summed E-state index contributed by atoms with van der Waals surface area (Å²) in [7, 11) is 0. The van der Waals surface area contributed by atoms with E-state index in [1.54, 1.807) is 0 Å². The van der Waals surface area contributed by atoms with Crippen molar-refractivity contribution in [1.29, 1.82) is 0 Å². The molecule has 3 aromatic heterocycles. The van der Waals surface area contributed by atoms with Gasteiger partial charge in [0.05, 0.1) is 23.5 Å². The van der Waals surface area contributed by atoms with Crippen LogP contribution in [-0.2, 0) is 5.41 Å². The predicted octanol–water partition coefficient (Wildman–Crippen LogP) is 15.5. The van der Waals surface area contributed by atoms with Crippen LogP contribution in [0.3, 0.4) is 0 Å². The number of para-hydroxylation sites is 3. The first-order valence-electron chi connectivity index (χ1n) is 24.3. The number of hydrogen-bond acceptors (Lipinski definition) is 4. The second-order valence-corrected chi connectivity index (χ2v) is 17.2. The summed E-state index contributed by atoms with van der Waals surface area (Å²) in [6.07, 6.45) is 0. The molecule has 0 amide bonds. The van der Waals surface area contributed by atoms with Gasteiger partial charge >= 0.3 is 0 Å². The van der Waals surface area contributed by atoms with Gasteiger partial charge in [0.25, 0.3) is 0 Å². The summed E-state index contributed by atoms with van der Waals surface area (Å²) in [5, 5.41) is 3.92. The van der Waals surface area contributed by atoms with Crippen molar-refractivity contribution < 1.29 is 11.3 Å². The van der Waals surface area contributed by atoms with E-state index in [1.165, 1.54) is 5.56 Å². The number of aromatic nitrogens is 4. The largest absolute Gasteiger partial charge is 0.455 e. The second kappa shape index (κ2) is 14.3. The maximum absolute atomic E-state index is 9.16. The number of rotatable bonds is 6. The third kappa shape index (κ3) is 5.75. The summed E-state index contributed by atoms with van der Waals surface area (Å²) in [5.74, 6) is 0.459. The third-order valence-corrected chi connectivity index (χ3v) is 13.2. The van der Waals surface area contributed by atoms with Crippen LogP contribution in [0.15, 0.2) is 211 Å². The van der Waals surface area contributed by atoms with E-state index in [4.69, 9.17) is 26.2 Å². The molecule has 306 valence electrons. The monoisotopic (exact) mass is 837 g/mol. The van der Waals surface area contributed by atoms with Crippen molar-refractivity contribution in [3.63, 3.8) is 0 Å². The van der Waals surface area contributed by atoms with Crippen LogP contribution >= 0.6 is 0 Å². The van der Waals surface area contributed by atoms with E-state index in [-0.39, 0.29) is 22.6 Å². The maximum atomic E-state index is 9.16. The van der Waals surface area contributed by atoms with Crippen LogP contribution in [0.5, 0.6) is 0 Å². The van der Waals surface area contributed by atoms with Crippen LogP contribution in [0.25, 0.3) is 117 Å². The van der Waals surface area contributed by atoms with Gasteiger partial charge in [-0.25, -0.2) is 15.0 Å². The fourth-order valence-electron chi connectivity index (χ4n) is 10.1. The molecule has 0 saturated carbocycles. The normalized spacial score (nSPS) is 14.0. The van der Waals surface area contributed by atoms with E-state index >= 15 is 0 Å². The Hall–Kier alpha value is -8.41. The van der Waals surface area contributed by atoms with Crippen LogP contribution in [0.4, 0.5) is 0 Å². The van der Waals surface area contributed by atoms with E-state index in [0.29, 0.717) is 22.6 Å². The smallest absolute Gasteiger partial charge is 0.167 e. The van der Waals surface area contributed by atoms with Crippen LogP contribution in [0.2, 0.25) is 0 Å². The minimum Gasteiger partial charge on any atom is -0.455 e. The van der Waals surface area contributed by atoms with E-state index in [9.17, 15) is 0 Å². The highest BCUT2D eigenvalue weighted by Gasteiger charge is 2.37. The lowest BCUT2D eigenvalue weighted by Gasteiger charge is -2.21. The molecule has 0 radical (unpaired) electrons. The van der Waals surface area contributed by atoms with Gasteiger partial charge in [0.15, 0.2) is 17.5 Å². The Kier molecular flexibility index (Phi) is 7.11. The van der Waals surface area contributed by atoms with E-state index < -0.39 is 30.2 Å². The third-order valence-electron chi connectivity index (χ3n) is 13.2. The fourth-order valence-corrected chi connectivity index (χ4v) is 10.1. The SMILES string of the molecule is [2H]c1c([2H])c([2H])c(-c2nc(-c3cccc4c3-c3ccccc3C4(C)C)nc(-c3cc(-n4c5ccccc5c5ccccc54)cc4c3oc3c(-c5cccc(-c6ccccc6)c5)cccc34)n2)c([2H])c1[2H]. The minimum absolute atomic E-state index is 0.0508. The second-order valence-electron chi connectivity index (χ2n) is 17.2. The average Bonchev–Trinajstić information content (AvgIpc) is 4.03. The number of benzene rings is 9. The van der Waals surface area contributed by atoms with E-state index in [2.05, 4.69) is 140 Å². The van der Waals surface area contributed by atoms with Crippen LogP contribution in [0.1, 0.15) is 31.8 Å². The Morgan fingerprint density at radius 1 is 0.431 bits per heavy atom. The summed E-state index contributed by atoms with van der Waals surface area (Å²) in [6, 6.07) is 58.1. The molecule has 0 spiro atoms. The molecule has 9 aromatic carbocycles. The summed E-state index contributed by atoms with van der Waals surface area (Å²) in [4.78, 5) is 15.6. The molecule has 5 heteroatoms. The molecule has 3 heterocycles. The predicted molar refractivity (Wildman–Crippen MR) is 266 cm³/mol. The van der Waals surface area contributed by atoms with Crippen molar-refractivity contribution in [2.24, 2.45) is 0 Å². The van der Waals surface area contributed by atoms with Crippen molar-refractivity contribution in [2.75, 3.05) is 0 Å². The molecule has 1 aliphatic carbocycles. The lowest BCUT2D eigenvalue weighted by atomic mass is 9.82. The lowest BCUT2D eigenvalue weighted by Crippen LogP contribution is -2.14. The van der Waals surface area contributed by atoms with Gasteiger partial charge in [-0.2, -0.15) is 0 Å². The van der Waals surface area contributed by atoms with Crippen LogP contribution in [0, 0.1) is 0 Å². The van der Waals surface area contributed by atoms with Crippen molar-refractivity contribution in [3.8, 4) is 73.2 Å². The zero-order valence-corrected chi connectivity index (χ0v) is 35.4. The lowest BCUT2D eigenvalue weighted by molar-refractivity contribution is 0.660. The van der Waals surface area contributed by atoms with E-state index in [1.807, 2.05) is 54.6 Å². The van der Waals surface area contributed by atoms with Crippen molar-refractivity contribution in [3.05, 3.63) is 217 Å². The van der Waals surface area contributed by atoms with Crippen molar-refractivity contribution >= 4 is 43.7 Å². The minimum atomic E-state index is -0.499. The summed E-state index contributed by atoms with van der Waals surface area (Å²) in [6.45, 7) is 4.42. The van der Waals surface area contributed by atoms with Crippen molar-refractivity contribution in [2.45, 2.75) is 19.3 Å². The van der Waals surface area contributed by atoms with Crippen LogP contribution in [-0.4, -0.2) is 19.5 Å². The molecule has 0 atom stereocenters. The van der Waals surface area contributed by atoms with Gasteiger partial charge in [0, 0.05) is 49.3 Å². The fraction of sp³-hybridized carbons (Fsp3) is 0.0500. The van der Waals surface area contributed by atoms with Gasteiger partial charge in [-0.3, -0.25) is 0 Å². The van der Waals surface area contributed by atoms with E-state index in [0.717, 1.165) is 82.8 Å². The highest BCUT2D eigenvalue weighted by atomic mass is 16.3. The van der Waals surface area contributed by atoms with Crippen LogP contribution < -0.4 is 0 Å². The zero-order chi connectivity index (χ0) is 47.6. The van der Waals surface area contributed by atoms with Gasteiger partial charge in [-0.1, -0.05) is 190 Å². The molecule has 5 nitrogen and oxygen atoms in total. The first-order valence-corrected chi connectivity index (χ1v) is 21.8. The van der Waals surface area contributed by atoms with Gasteiger partial charge in [0.1, 0.15) is 11.2 Å². The molecule has 65 heavy (non-hydrogen) atoms. The Morgan fingerprint density at radius 2 is 1.00 bits per heavy atom. The number of hydrogen-bond donors (Lipinski definition) is 0. The Bertz CT molecular complexity index is 4090. The average molecular weight is 838 g/mol. The first-order chi connectivity index (χ1) is 34.1. The number of nitrogens with zero attached hydrogens (tertiary/aromatic N) is 4. The topological polar surface area (TPSA) is 56.7 Å². The number of fused-ring (bicyclic) bond motifs is 9. The zero-order valence-electron chi connectivity index (χ0n) is 40.4. The molecule has 0 fully saturated rings. The van der Waals surface area contributed by atoms with Gasteiger partial charge in [0.2, 0.25) is 0 Å². The van der Waals surface area contributed by atoms with Crippen molar-refractivity contribution in [1.82, 2.24) is 19.5 Å². The summed E-state index contributed by atoms with van der Waals surface area (Å²) in [5.41, 5.74) is 13.3. The Morgan fingerprint density at radius 3 is 1.80 bits per heavy atom. The van der Waals surface area contributed by atoms with Gasteiger partial charge in [-0.15, -0.1) is 0 Å². The standard InChI is InChI=1S/C60H40N4O/c1-60(2)50-30-12-9-26-46(50)54-47(29-17-31-51(54)60)58-61-57(38-20-7-4-8-21-38)62-59(63-58)49-36-41(64-52-32-13-10-24-43(52)44-25-11-14-33-53(44)64)35-48-45-28-16-27-42(55(45)65-56(48)49)40-23-15-22-39(34-40)37-18-5-3-6-19-37/h3-36H,1-2H3/i4D,7D,8D,20D,21D. The molecule has 13 rings (SSSR count). The molecule has 0 N–H and O–H groups in total. The molecule has 0 saturated heterocycles. The first kappa shape index (κ1) is 32.3. The molecule has 0 aliphatic heterocycles. The molecular weight excluding hydrogens is 793 g/mol. The Balaban J connectivity index is 1.14. The molecule has 1 aliphatic rings. The highest BCUT2D eigenvalue weighted by Crippen LogP contribution is 2.52. The summed E-state index contributed by atoms with van der Waals surface area (Å²) >= 11 is 0. The quantitative estimate of drug-likeness (QED) is 0.167. The summed E-state index contributed by atoms with van der Waals surface area (Å²) < 4.78 is 53.6.